The van der Waals surface area contributed by atoms with Crippen LogP contribution >= 0.6 is 39.5 Å². The Morgan fingerprint density at radius 3 is 2.52 bits per heavy atom. The molecule has 0 aliphatic heterocycles. The molecule has 2 aromatic rings. The summed E-state index contributed by atoms with van der Waals surface area (Å²) in [5.41, 5.74) is 4.47. The molecule has 1 aromatic heterocycles. The van der Waals surface area contributed by atoms with Crippen LogP contribution in [0.3, 0.4) is 0 Å². The zero-order valence-electron chi connectivity index (χ0n) is 12.8. The number of thiophene rings is 1. The summed E-state index contributed by atoms with van der Waals surface area (Å²) >= 11 is 10.3. The van der Waals surface area contributed by atoms with E-state index < -0.39 is 0 Å². The highest BCUT2D eigenvalue weighted by Gasteiger charge is 2.06. The van der Waals surface area contributed by atoms with E-state index in [2.05, 4.69) is 31.8 Å². The Hall–Kier alpha value is -1.64. The van der Waals surface area contributed by atoms with Crippen molar-refractivity contribution in [1.29, 1.82) is 0 Å². The van der Waals surface area contributed by atoms with Crippen molar-refractivity contribution in [2.45, 2.75) is 6.92 Å². The number of hydrogen-bond donors (Lipinski definition) is 2. The fourth-order valence-corrected chi connectivity index (χ4v) is 3.27. The first-order valence-corrected chi connectivity index (χ1v) is 8.64. The van der Waals surface area contributed by atoms with Crippen molar-refractivity contribution in [2.75, 3.05) is 19.5 Å². The predicted octanol–water partition coefficient (Wildman–Crippen LogP) is 4.24. The van der Waals surface area contributed by atoms with Crippen LogP contribution in [-0.2, 0) is 0 Å². The van der Waals surface area contributed by atoms with Crippen molar-refractivity contribution in [3.05, 3.63) is 39.0 Å². The molecular formula is C15H16BrN3O2S2. The average Bonchev–Trinajstić information content (AvgIpc) is 2.99. The van der Waals surface area contributed by atoms with Gasteiger partial charge in [0.2, 0.25) is 0 Å². The lowest BCUT2D eigenvalue weighted by molar-refractivity contribution is 0.355. The Kier molecular flexibility index (Phi) is 6.37. The van der Waals surface area contributed by atoms with Crippen molar-refractivity contribution in [3.63, 3.8) is 0 Å². The summed E-state index contributed by atoms with van der Waals surface area (Å²) in [7, 11) is 3.18. The second kappa shape index (κ2) is 8.28. The number of halogens is 1. The molecule has 1 aromatic carbocycles. The van der Waals surface area contributed by atoms with Crippen LogP contribution in [0.1, 0.15) is 11.8 Å². The van der Waals surface area contributed by atoms with Crippen molar-refractivity contribution in [1.82, 2.24) is 5.43 Å². The largest absolute Gasteiger partial charge is 0.493 e. The molecule has 0 spiro atoms. The Bertz CT molecular complexity index is 731. The smallest absolute Gasteiger partial charge is 0.191 e. The lowest BCUT2D eigenvalue weighted by atomic mass is 10.3. The van der Waals surface area contributed by atoms with E-state index in [1.165, 1.54) is 0 Å². The quantitative estimate of drug-likeness (QED) is 0.436. The lowest BCUT2D eigenvalue weighted by Crippen LogP contribution is -2.24. The van der Waals surface area contributed by atoms with Crippen LogP contribution in [0.4, 0.5) is 5.69 Å². The third-order valence-corrected chi connectivity index (χ3v) is 4.82. The molecule has 1 heterocycles. The molecule has 0 amide bonds. The third-order valence-electron chi connectivity index (χ3n) is 2.90. The number of rotatable bonds is 5. The average molecular weight is 414 g/mol. The summed E-state index contributed by atoms with van der Waals surface area (Å²) in [6.07, 6.45) is 0. The zero-order valence-corrected chi connectivity index (χ0v) is 16.1. The van der Waals surface area contributed by atoms with Crippen LogP contribution in [0.15, 0.2) is 39.2 Å². The zero-order chi connectivity index (χ0) is 16.8. The molecule has 0 saturated carbocycles. The number of ether oxygens (including phenoxy) is 2. The van der Waals surface area contributed by atoms with Gasteiger partial charge in [0, 0.05) is 11.8 Å². The van der Waals surface area contributed by atoms with Crippen LogP contribution in [0.2, 0.25) is 0 Å². The molecule has 122 valence electrons. The van der Waals surface area contributed by atoms with Gasteiger partial charge in [0.25, 0.3) is 0 Å². The second-order valence-corrected chi connectivity index (χ2v) is 7.31. The maximum atomic E-state index is 5.26. The molecule has 0 saturated heterocycles. The van der Waals surface area contributed by atoms with E-state index in [4.69, 9.17) is 21.7 Å². The van der Waals surface area contributed by atoms with Crippen molar-refractivity contribution in [2.24, 2.45) is 5.10 Å². The van der Waals surface area contributed by atoms with Crippen LogP contribution in [0, 0.1) is 0 Å². The molecule has 0 bridgehead atoms. The molecule has 0 aliphatic carbocycles. The van der Waals surface area contributed by atoms with Crippen LogP contribution < -0.4 is 20.2 Å². The van der Waals surface area contributed by atoms with Crippen LogP contribution in [0.5, 0.6) is 11.5 Å². The van der Waals surface area contributed by atoms with Gasteiger partial charge in [-0.25, -0.2) is 0 Å². The number of benzene rings is 1. The number of nitrogens with one attached hydrogen (secondary N) is 2. The van der Waals surface area contributed by atoms with Crippen LogP contribution in [0.25, 0.3) is 0 Å². The lowest BCUT2D eigenvalue weighted by Gasteiger charge is -2.11. The van der Waals surface area contributed by atoms with E-state index in [-0.39, 0.29) is 0 Å². The topological polar surface area (TPSA) is 54.9 Å². The number of thiocarbonyl (C=S) groups is 1. The van der Waals surface area contributed by atoms with E-state index in [0.29, 0.717) is 16.6 Å². The van der Waals surface area contributed by atoms with Gasteiger partial charge < -0.3 is 14.8 Å². The number of hydrazone groups is 1. The van der Waals surface area contributed by atoms with Crippen molar-refractivity contribution in [3.8, 4) is 11.5 Å². The predicted molar refractivity (Wildman–Crippen MR) is 103 cm³/mol. The summed E-state index contributed by atoms with van der Waals surface area (Å²) in [5, 5.41) is 7.72. The summed E-state index contributed by atoms with van der Waals surface area (Å²) in [5.74, 6) is 1.29. The maximum Gasteiger partial charge on any atom is 0.191 e. The summed E-state index contributed by atoms with van der Waals surface area (Å²) < 4.78 is 11.5. The van der Waals surface area contributed by atoms with Gasteiger partial charge in [-0.1, -0.05) is 0 Å². The van der Waals surface area contributed by atoms with E-state index >= 15 is 0 Å². The summed E-state index contributed by atoms with van der Waals surface area (Å²) in [6, 6.07) is 9.45. The Labute approximate surface area is 152 Å². The molecule has 0 fully saturated rings. The van der Waals surface area contributed by atoms with Gasteiger partial charge in [0.1, 0.15) is 0 Å². The Balaban J connectivity index is 1.99. The van der Waals surface area contributed by atoms with Crippen molar-refractivity contribution >= 4 is 56.0 Å². The highest BCUT2D eigenvalue weighted by Crippen LogP contribution is 2.29. The third kappa shape index (κ3) is 4.92. The number of methoxy groups -OCH3 is 2. The van der Waals surface area contributed by atoms with Gasteiger partial charge in [-0.3, -0.25) is 5.43 Å². The van der Waals surface area contributed by atoms with Crippen LogP contribution in [-0.4, -0.2) is 25.0 Å². The molecule has 2 N–H and O–H groups in total. The molecule has 0 aliphatic rings. The number of hydrogen-bond acceptors (Lipinski definition) is 5. The minimum absolute atomic E-state index is 0.396. The fraction of sp³-hybridized carbons (Fsp3) is 0.200. The van der Waals surface area contributed by atoms with Gasteiger partial charge >= 0.3 is 0 Å². The first-order valence-electron chi connectivity index (χ1n) is 6.62. The van der Waals surface area contributed by atoms with Gasteiger partial charge in [-0.15, -0.1) is 11.3 Å². The normalized spacial score (nSPS) is 11.0. The standard InChI is InChI=1S/C15H16BrN3O2S2/c1-9(13-6-7-14(16)23-13)18-19-15(22)17-10-4-5-11(20-2)12(8-10)21-3/h4-8H,1-3H3,(H2,17,19,22)/b18-9-. The summed E-state index contributed by atoms with van der Waals surface area (Å²) in [4.78, 5) is 1.07. The fourth-order valence-electron chi connectivity index (χ4n) is 1.77. The molecule has 8 heteroatoms. The molecule has 0 unspecified atom stereocenters. The van der Waals surface area contributed by atoms with E-state index in [9.17, 15) is 0 Å². The molecule has 0 radical (unpaired) electrons. The first-order chi connectivity index (χ1) is 11.0. The Morgan fingerprint density at radius 2 is 1.91 bits per heavy atom. The maximum absolute atomic E-state index is 5.26. The Morgan fingerprint density at radius 1 is 1.17 bits per heavy atom. The molecule has 23 heavy (non-hydrogen) atoms. The van der Waals surface area contributed by atoms with Crippen molar-refractivity contribution < 1.29 is 9.47 Å². The highest BCUT2D eigenvalue weighted by molar-refractivity contribution is 9.11. The van der Waals surface area contributed by atoms with E-state index in [1.54, 1.807) is 31.6 Å². The molecule has 2 rings (SSSR count). The monoisotopic (exact) mass is 413 g/mol. The van der Waals surface area contributed by atoms with Gasteiger partial charge in [-0.05, 0) is 59.3 Å². The first kappa shape index (κ1) is 17.7. The highest BCUT2D eigenvalue weighted by atomic mass is 79.9. The number of nitrogens with zero attached hydrogens (tertiary/aromatic N) is 1. The van der Waals surface area contributed by atoms with Gasteiger partial charge in [0.15, 0.2) is 16.6 Å². The SMILES string of the molecule is COc1ccc(NC(=S)N/N=C(/C)c2ccc(Br)s2)cc1OC. The summed E-state index contributed by atoms with van der Waals surface area (Å²) in [6.45, 7) is 1.92. The number of anilines is 1. The molecule has 5 nitrogen and oxygen atoms in total. The van der Waals surface area contributed by atoms with Gasteiger partial charge in [0.05, 0.1) is 28.6 Å². The second-order valence-electron chi connectivity index (χ2n) is 4.44. The molecule has 0 atom stereocenters. The van der Waals surface area contributed by atoms with E-state index in [0.717, 1.165) is 20.1 Å². The minimum Gasteiger partial charge on any atom is -0.493 e. The molecular weight excluding hydrogens is 398 g/mol. The van der Waals surface area contributed by atoms with Gasteiger partial charge in [-0.2, -0.15) is 5.10 Å². The van der Waals surface area contributed by atoms with E-state index in [1.807, 2.05) is 31.2 Å². The minimum atomic E-state index is 0.396.